The van der Waals surface area contributed by atoms with Crippen LogP contribution < -0.4 is 11.5 Å². The summed E-state index contributed by atoms with van der Waals surface area (Å²) < 4.78 is 0.325. The van der Waals surface area contributed by atoms with Gasteiger partial charge in [-0.3, -0.25) is 19.3 Å². The van der Waals surface area contributed by atoms with Gasteiger partial charge in [0.05, 0.1) is 29.3 Å². The molecular weight excluding hydrogens is 514 g/mol. The number of phenolic OH excluding ortho intramolecular Hbond substituents is 1. The second-order valence-corrected chi connectivity index (χ2v) is 9.99. The molecule has 3 aliphatic carbocycles. The number of aliphatic hydroxyl groups is 4. The van der Waals surface area contributed by atoms with Gasteiger partial charge < -0.3 is 37.0 Å². The zero-order chi connectivity index (χ0) is 25.6. The maximum Gasteiger partial charge on any atom is 0.255 e. The Labute approximate surface area is 202 Å². The number of carbonyl (C=O) groups excluding carboxylic acids is 3. The number of rotatable bonds is 2. The van der Waals surface area contributed by atoms with Gasteiger partial charge >= 0.3 is 0 Å². The Balaban J connectivity index is 2.08. The van der Waals surface area contributed by atoms with E-state index in [1.165, 1.54) is 25.1 Å². The normalized spacial score (nSPS) is 33.1. The molecule has 12 heteroatoms. The molecule has 11 nitrogen and oxygen atoms in total. The highest BCUT2D eigenvalue weighted by Crippen LogP contribution is 2.57. The van der Waals surface area contributed by atoms with Gasteiger partial charge in [0.1, 0.15) is 17.1 Å². The minimum absolute atomic E-state index is 0.105. The summed E-state index contributed by atoms with van der Waals surface area (Å²) in [6.07, 6.45) is -1.64. The van der Waals surface area contributed by atoms with E-state index in [2.05, 4.69) is 15.9 Å². The molecule has 6 atom stereocenters. The average Bonchev–Trinajstić information content (AvgIpc) is 2.74. The number of nitrogen functional groups attached to an aromatic ring is 1. The highest BCUT2D eigenvalue weighted by molar-refractivity contribution is 9.10. The zero-order valence-electron chi connectivity index (χ0n) is 18.4. The number of carbonyl (C=O) groups is 3. The van der Waals surface area contributed by atoms with Crippen LogP contribution in [0.25, 0.3) is 5.76 Å². The summed E-state index contributed by atoms with van der Waals surface area (Å²) in [7, 11) is 2.89. The van der Waals surface area contributed by atoms with Gasteiger partial charge in [0.25, 0.3) is 5.91 Å². The van der Waals surface area contributed by atoms with Crippen molar-refractivity contribution in [3.8, 4) is 5.75 Å². The Bertz CT molecular complexity index is 1240. The van der Waals surface area contributed by atoms with Crippen molar-refractivity contribution in [2.75, 3.05) is 19.8 Å². The highest BCUT2D eigenvalue weighted by atomic mass is 79.9. The number of hydrogen-bond acceptors (Lipinski definition) is 10. The van der Waals surface area contributed by atoms with Gasteiger partial charge in [-0.25, -0.2) is 0 Å². The fourth-order valence-electron chi connectivity index (χ4n) is 5.66. The standard InChI is InChI=1S/C22H24BrN3O8/c1-5-6-4-7(23)13(24)17(29)9(6)15(27)10-8(5)16(28)12-14(26(2)3)18(30)11(21(25)33)20(32)22(12,34)19(10)31/h4-5,8,12,14,16,27-29,32,34H,24H2,1-3H3,(H2,25,33)/t5-,8+,12+,14-,16-,22-/m0/s1. The molecule has 0 aromatic heterocycles. The second kappa shape index (κ2) is 7.54. The first-order chi connectivity index (χ1) is 15.7. The number of primary amides is 1. The molecule has 1 aromatic carbocycles. The summed E-state index contributed by atoms with van der Waals surface area (Å²) in [5.41, 5.74) is 6.86. The molecule has 1 amide bonds. The molecule has 0 spiro atoms. The van der Waals surface area contributed by atoms with E-state index in [0.29, 0.717) is 10.0 Å². The Morgan fingerprint density at radius 1 is 1.21 bits per heavy atom. The van der Waals surface area contributed by atoms with Crippen molar-refractivity contribution in [2.45, 2.75) is 30.6 Å². The number of anilines is 1. The molecule has 0 aliphatic heterocycles. The van der Waals surface area contributed by atoms with E-state index in [1.807, 2.05) is 0 Å². The van der Waals surface area contributed by atoms with Crippen molar-refractivity contribution in [3.63, 3.8) is 0 Å². The third-order valence-electron chi connectivity index (χ3n) is 7.24. The van der Waals surface area contributed by atoms with Crippen molar-refractivity contribution in [3.05, 3.63) is 38.6 Å². The number of amides is 1. The Kier molecular flexibility index (Phi) is 5.36. The fourth-order valence-corrected chi connectivity index (χ4v) is 6.09. The number of hydrogen-bond donors (Lipinski definition) is 7. The van der Waals surface area contributed by atoms with Crippen molar-refractivity contribution >= 4 is 44.9 Å². The van der Waals surface area contributed by atoms with Crippen molar-refractivity contribution in [1.82, 2.24) is 4.90 Å². The van der Waals surface area contributed by atoms with E-state index < -0.39 is 81.4 Å². The summed E-state index contributed by atoms with van der Waals surface area (Å²) in [6.45, 7) is 1.64. The number of ketones is 2. The van der Waals surface area contributed by atoms with Gasteiger partial charge in [-0.2, -0.15) is 0 Å². The fraction of sp³-hybridized carbons (Fsp3) is 0.409. The van der Waals surface area contributed by atoms with Crippen LogP contribution in [0.15, 0.2) is 27.4 Å². The molecule has 1 aromatic rings. The Hall–Kier alpha value is -2.93. The van der Waals surface area contributed by atoms with E-state index in [-0.39, 0.29) is 11.3 Å². The number of nitrogens with two attached hydrogens (primary N) is 2. The predicted octanol–water partition coefficient (Wildman–Crippen LogP) is -0.159. The number of phenols is 1. The lowest BCUT2D eigenvalue weighted by molar-refractivity contribution is -0.169. The van der Waals surface area contributed by atoms with Crippen LogP contribution in [0.1, 0.15) is 24.0 Å². The number of likely N-dealkylation sites (N-methyl/N-ethyl adjacent to an activating group) is 1. The van der Waals surface area contributed by atoms with Crippen LogP contribution in [0.4, 0.5) is 5.69 Å². The minimum Gasteiger partial charge on any atom is -0.508 e. The highest BCUT2D eigenvalue weighted by Gasteiger charge is 2.68. The van der Waals surface area contributed by atoms with E-state index in [4.69, 9.17) is 11.5 Å². The first-order valence-corrected chi connectivity index (χ1v) is 11.1. The topological polar surface area (TPSA) is 208 Å². The van der Waals surface area contributed by atoms with Gasteiger partial charge in [0.15, 0.2) is 17.1 Å². The minimum atomic E-state index is -2.94. The molecule has 1 fully saturated rings. The molecule has 0 heterocycles. The summed E-state index contributed by atoms with van der Waals surface area (Å²) in [6, 6.07) is 0.143. The molecule has 4 rings (SSSR count). The Morgan fingerprint density at radius 2 is 1.79 bits per heavy atom. The maximum absolute atomic E-state index is 13.8. The van der Waals surface area contributed by atoms with Crippen LogP contribution in [-0.4, -0.2) is 79.7 Å². The van der Waals surface area contributed by atoms with Crippen molar-refractivity contribution < 1.29 is 39.9 Å². The van der Waals surface area contributed by atoms with Gasteiger partial charge in [0.2, 0.25) is 5.78 Å². The van der Waals surface area contributed by atoms with Crippen LogP contribution in [0.3, 0.4) is 0 Å². The summed E-state index contributed by atoms with van der Waals surface area (Å²) in [5.74, 6) is -9.50. The van der Waals surface area contributed by atoms with Gasteiger partial charge in [-0.15, -0.1) is 0 Å². The van der Waals surface area contributed by atoms with Crippen LogP contribution in [-0.2, 0) is 14.4 Å². The SMILES string of the molecule is C[C@H]1c2cc(Br)c(N)c(O)c2C(O)=C2C(=O)[C@]3(O)C(O)=C(C(N)=O)C(=O)[C@@H](N(C)C)[C@@H]3[C@@H](O)[C@@H]21. The van der Waals surface area contributed by atoms with E-state index in [1.54, 1.807) is 6.92 Å². The molecule has 182 valence electrons. The Morgan fingerprint density at radius 3 is 2.32 bits per heavy atom. The van der Waals surface area contributed by atoms with E-state index in [9.17, 15) is 39.9 Å². The quantitative estimate of drug-likeness (QED) is 0.150. The van der Waals surface area contributed by atoms with Crippen molar-refractivity contribution in [2.24, 2.45) is 17.6 Å². The second-order valence-electron chi connectivity index (χ2n) is 9.13. The molecule has 0 bridgehead atoms. The monoisotopic (exact) mass is 537 g/mol. The molecule has 9 N–H and O–H groups in total. The molecule has 0 radical (unpaired) electrons. The molecule has 0 saturated heterocycles. The number of benzene rings is 1. The van der Waals surface area contributed by atoms with Gasteiger partial charge in [-0.05, 0) is 47.6 Å². The molecule has 34 heavy (non-hydrogen) atoms. The number of aromatic hydroxyl groups is 1. The number of nitrogens with zero attached hydrogens (tertiary/aromatic N) is 1. The third-order valence-corrected chi connectivity index (χ3v) is 7.90. The van der Waals surface area contributed by atoms with E-state index in [0.717, 1.165) is 0 Å². The summed E-state index contributed by atoms with van der Waals surface area (Å²) >= 11 is 3.23. The van der Waals surface area contributed by atoms with Crippen LogP contribution in [0.5, 0.6) is 5.75 Å². The average molecular weight is 538 g/mol. The number of aliphatic hydroxyl groups excluding tert-OH is 3. The first-order valence-electron chi connectivity index (χ1n) is 10.3. The molecular formula is C22H24BrN3O8. The van der Waals surface area contributed by atoms with Crippen LogP contribution >= 0.6 is 15.9 Å². The number of halogens is 1. The smallest absolute Gasteiger partial charge is 0.255 e. The number of Topliss-reactive ketones (excluding diaryl/α,β-unsaturated/α-hetero) is 2. The molecule has 0 unspecified atom stereocenters. The first kappa shape index (κ1) is 24.2. The summed E-state index contributed by atoms with van der Waals surface area (Å²) in [4.78, 5) is 40.2. The lowest BCUT2D eigenvalue weighted by Crippen LogP contribution is -2.70. The number of fused-ring (bicyclic) bond motifs is 3. The van der Waals surface area contributed by atoms with Gasteiger partial charge in [0, 0.05) is 16.0 Å². The zero-order valence-corrected chi connectivity index (χ0v) is 20.0. The predicted molar refractivity (Wildman–Crippen MR) is 122 cm³/mol. The lowest BCUT2D eigenvalue weighted by atomic mass is 9.54. The maximum atomic E-state index is 13.8. The van der Waals surface area contributed by atoms with Crippen molar-refractivity contribution in [1.29, 1.82) is 0 Å². The molecule has 1 saturated carbocycles. The summed E-state index contributed by atoms with van der Waals surface area (Å²) in [5, 5.41) is 55.6. The van der Waals surface area contributed by atoms with Crippen LogP contribution in [0.2, 0.25) is 0 Å². The van der Waals surface area contributed by atoms with Crippen LogP contribution in [0, 0.1) is 11.8 Å². The lowest BCUT2D eigenvalue weighted by Gasteiger charge is -2.53. The largest absolute Gasteiger partial charge is 0.508 e. The van der Waals surface area contributed by atoms with E-state index >= 15 is 0 Å². The molecule has 3 aliphatic rings. The van der Waals surface area contributed by atoms with Gasteiger partial charge in [-0.1, -0.05) is 6.92 Å². The third kappa shape index (κ3) is 2.76.